The molecule has 8 heteroatoms. The molecule has 25 heavy (non-hydrogen) atoms. The van der Waals surface area contributed by atoms with E-state index >= 15 is 0 Å². The minimum Gasteiger partial charge on any atom is -0.497 e. The van der Waals surface area contributed by atoms with Gasteiger partial charge >= 0.3 is 0 Å². The van der Waals surface area contributed by atoms with Gasteiger partial charge in [-0.2, -0.15) is 5.10 Å². The first-order valence-corrected chi connectivity index (χ1v) is 8.24. The number of halogens is 1. The molecule has 1 aromatic heterocycles. The van der Waals surface area contributed by atoms with E-state index in [-0.39, 0.29) is 24.2 Å². The van der Waals surface area contributed by atoms with Crippen molar-refractivity contribution in [1.82, 2.24) is 20.5 Å². The largest absolute Gasteiger partial charge is 0.497 e. The Hall–Kier alpha value is -2.12. The van der Waals surface area contributed by atoms with E-state index in [4.69, 9.17) is 10.5 Å². The first-order chi connectivity index (χ1) is 11.7. The molecule has 0 bridgehead atoms. The Bertz CT molecular complexity index is 689. The summed E-state index contributed by atoms with van der Waals surface area (Å²) in [5, 5.41) is 10.0. The van der Waals surface area contributed by atoms with Crippen LogP contribution in [-0.2, 0) is 11.3 Å². The van der Waals surface area contributed by atoms with Gasteiger partial charge < -0.3 is 15.8 Å². The van der Waals surface area contributed by atoms with Crippen LogP contribution in [0.2, 0.25) is 0 Å². The van der Waals surface area contributed by atoms with Crippen LogP contribution >= 0.6 is 12.4 Å². The lowest BCUT2D eigenvalue weighted by atomic mass is 9.95. The highest BCUT2D eigenvalue weighted by Crippen LogP contribution is 2.31. The van der Waals surface area contributed by atoms with Crippen molar-refractivity contribution < 1.29 is 9.53 Å². The van der Waals surface area contributed by atoms with Crippen molar-refractivity contribution in [1.29, 1.82) is 0 Å². The fourth-order valence-corrected chi connectivity index (χ4v) is 3.21. The lowest BCUT2D eigenvalue weighted by molar-refractivity contribution is -0.126. The van der Waals surface area contributed by atoms with Crippen molar-refractivity contribution in [2.45, 2.75) is 25.8 Å². The molecule has 1 aliphatic rings. The first-order valence-electron chi connectivity index (χ1n) is 8.24. The zero-order chi connectivity index (χ0) is 16.9. The lowest BCUT2D eigenvalue weighted by Crippen LogP contribution is -2.34. The van der Waals surface area contributed by atoms with E-state index in [1.54, 1.807) is 7.11 Å². The molecule has 3 rings (SSSR count). The molecule has 0 spiro atoms. The Balaban J connectivity index is 0.00000225. The summed E-state index contributed by atoms with van der Waals surface area (Å²) in [6.07, 6.45) is 3.03. The molecule has 0 saturated heterocycles. The smallest absolute Gasteiger partial charge is 0.223 e. The number of nitrogens with one attached hydrogen (secondary N) is 2. The molecule has 1 aromatic carbocycles. The minimum atomic E-state index is 0. The maximum Gasteiger partial charge on any atom is 0.223 e. The number of nitrogens with two attached hydrogens (primary N) is 1. The van der Waals surface area contributed by atoms with Crippen LogP contribution < -0.4 is 15.8 Å². The molecule has 0 unspecified atom stereocenters. The second-order valence-electron chi connectivity index (χ2n) is 6.09. The SMILES string of the molecule is COc1ccc(-c2n[nH]c(CNC(=O)[C@@H]3CCC[C@@H]3CN)n2)cc1.Cl. The number of benzene rings is 1. The highest BCUT2D eigenvalue weighted by Gasteiger charge is 2.31. The number of methoxy groups -OCH3 is 1. The standard InChI is InChI=1S/C17H23N5O2.ClH/c1-24-13-7-5-11(6-8-13)16-20-15(21-22-16)10-19-17(23)14-4-2-3-12(14)9-18;/h5-8,12,14H,2-4,9-10,18H2,1H3,(H,19,23)(H,20,21,22);1H/t12-,14-;/m1./s1. The third-order valence-corrected chi connectivity index (χ3v) is 4.61. The zero-order valence-corrected chi connectivity index (χ0v) is 15.0. The van der Waals surface area contributed by atoms with Crippen LogP contribution in [0.15, 0.2) is 24.3 Å². The van der Waals surface area contributed by atoms with Gasteiger partial charge in [-0.15, -0.1) is 12.4 Å². The first kappa shape index (κ1) is 19.2. The summed E-state index contributed by atoms with van der Waals surface area (Å²) in [5.74, 6) is 2.41. The molecule has 4 N–H and O–H groups in total. The number of carbonyl (C=O) groups is 1. The van der Waals surface area contributed by atoms with Gasteiger partial charge in [-0.1, -0.05) is 6.42 Å². The van der Waals surface area contributed by atoms with Crippen LogP contribution in [-0.4, -0.2) is 34.7 Å². The molecule has 2 aromatic rings. The maximum atomic E-state index is 12.3. The fraction of sp³-hybridized carbons (Fsp3) is 0.471. The number of carbonyl (C=O) groups excluding carboxylic acids is 1. The molecule has 0 radical (unpaired) electrons. The summed E-state index contributed by atoms with van der Waals surface area (Å²) in [6.45, 7) is 0.914. The predicted octanol–water partition coefficient (Wildman–Crippen LogP) is 1.89. The summed E-state index contributed by atoms with van der Waals surface area (Å²) in [4.78, 5) is 16.7. The molecule has 1 amide bonds. The quantitative estimate of drug-likeness (QED) is 0.724. The zero-order valence-electron chi connectivity index (χ0n) is 14.2. The van der Waals surface area contributed by atoms with Gasteiger partial charge in [0.25, 0.3) is 0 Å². The fourth-order valence-electron chi connectivity index (χ4n) is 3.21. The maximum absolute atomic E-state index is 12.3. The number of ether oxygens (including phenoxy) is 1. The highest BCUT2D eigenvalue weighted by molar-refractivity contribution is 5.85. The number of rotatable bonds is 6. The van der Waals surface area contributed by atoms with E-state index in [0.717, 1.165) is 30.6 Å². The Labute approximate surface area is 153 Å². The number of aromatic nitrogens is 3. The van der Waals surface area contributed by atoms with Crippen molar-refractivity contribution >= 4 is 18.3 Å². The van der Waals surface area contributed by atoms with E-state index in [9.17, 15) is 4.79 Å². The van der Waals surface area contributed by atoms with Crippen LogP contribution in [0.25, 0.3) is 11.4 Å². The molecule has 2 atom stereocenters. The van der Waals surface area contributed by atoms with Gasteiger partial charge in [-0.25, -0.2) is 4.98 Å². The topological polar surface area (TPSA) is 106 Å². The van der Waals surface area contributed by atoms with Crippen LogP contribution in [0, 0.1) is 11.8 Å². The van der Waals surface area contributed by atoms with Crippen molar-refractivity contribution in [3.63, 3.8) is 0 Å². The number of amides is 1. The monoisotopic (exact) mass is 365 g/mol. The predicted molar refractivity (Wildman–Crippen MR) is 97.4 cm³/mol. The van der Waals surface area contributed by atoms with Crippen LogP contribution in [0.1, 0.15) is 25.1 Å². The number of aromatic amines is 1. The minimum absolute atomic E-state index is 0. The van der Waals surface area contributed by atoms with Gasteiger partial charge in [-0.3, -0.25) is 9.89 Å². The van der Waals surface area contributed by atoms with Gasteiger partial charge in [-0.05, 0) is 49.6 Å². The number of nitrogens with zero attached hydrogens (tertiary/aromatic N) is 2. The van der Waals surface area contributed by atoms with E-state index in [2.05, 4.69) is 20.5 Å². The molecular weight excluding hydrogens is 342 g/mol. The summed E-state index contributed by atoms with van der Waals surface area (Å²) >= 11 is 0. The molecule has 1 heterocycles. The molecule has 1 fully saturated rings. The normalized spacial score (nSPS) is 19.3. The van der Waals surface area contributed by atoms with E-state index in [1.165, 1.54) is 0 Å². The third-order valence-electron chi connectivity index (χ3n) is 4.61. The molecule has 7 nitrogen and oxygen atoms in total. The summed E-state index contributed by atoms with van der Waals surface area (Å²) in [6, 6.07) is 7.52. The van der Waals surface area contributed by atoms with Gasteiger partial charge in [0.05, 0.1) is 13.7 Å². The molecule has 0 aliphatic heterocycles. The highest BCUT2D eigenvalue weighted by atomic mass is 35.5. The van der Waals surface area contributed by atoms with E-state index < -0.39 is 0 Å². The lowest BCUT2D eigenvalue weighted by Gasteiger charge is -2.16. The Morgan fingerprint density at radius 2 is 2.12 bits per heavy atom. The van der Waals surface area contributed by atoms with Gasteiger partial charge in [0, 0.05) is 11.5 Å². The number of H-pyrrole nitrogens is 1. The van der Waals surface area contributed by atoms with Gasteiger partial charge in [0.15, 0.2) is 5.82 Å². The van der Waals surface area contributed by atoms with Crippen molar-refractivity contribution in [2.24, 2.45) is 17.6 Å². The molecule has 1 aliphatic carbocycles. The van der Waals surface area contributed by atoms with Crippen molar-refractivity contribution in [3.8, 4) is 17.1 Å². The summed E-state index contributed by atoms with van der Waals surface area (Å²) < 4.78 is 5.14. The van der Waals surface area contributed by atoms with Crippen molar-refractivity contribution in [2.75, 3.05) is 13.7 Å². The second kappa shape index (κ2) is 8.82. The van der Waals surface area contributed by atoms with E-state index in [0.29, 0.717) is 30.7 Å². The van der Waals surface area contributed by atoms with E-state index in [1.807, 2.05) is 24.3 Å². The number of hydrogen-bond acceptors (Lipinski definition) is 5. The van der Waals surface area contributed by atoms with Crippen LogP contribution in [0.3, 0.4) is 0 Å². The molecular formula is C17H24ClN5O2. The average Bonchev–Trinajstić information content (AvgIpc) is 3.29. The average molecular weight is 366 g/mol. The third kappa shape index (κ3) is 4.49. The van der Waals surface area contributed by atoms with Crippen LogP contribution in [0.5, 0.6) is 5.75 Å². The Morgan fingerprint density at radius 1 is 1.36 bits per heavy atom. The Morgan fingerprint density at radius 3 is 2.80 bits per heavy atom. The number of hydrogen-bond donors (Lipinski definition) is 3. The Kier molecular flexibility index (Phi) is 6.78. The molecule has 136 valence electrons. The summed E-state index contributed by atoms with van der Waals surface area (Å²) in [7, 11) is 1.63. The van der Waals surface area contributed by atoms with Crippen molar-refractivity contribution in [3.05, 3.63) is 30.1 Å². The van der Waals surface area contributed by atoms with Gasteiger partial charge in [0.1, 0.15) is 11.6 Å². The second-order valence-corrected chi connectivity index (χ2v) is 6.09. The van der Waals surface area contributed by atoms with Crippen LogP contribution in [0.4, 0.5) is 0 Å². The van der Waals surface area contributed by atoms with Gasteiger partial charge in [0.2, 0.25) is 5.91 Å². The summed E-state index contributed by atoms with van der Waals surface area (Å²) in [5.41, 5.74) is 6.63. The molecule has 1 saturated carbocycles.